The molecule has 4 aromatic rings. The SMILES string of the molecule is COc1cc(OC)cc(-c2nn(-c3ccccc3)c(OC(C)=O)c2-c2ccc(NC(C)=O)cc2)c1. The van der Waals surface area contributed by atoms with Crippen LogP contribution in [0.5, 0.6) is 17.4 Å². The smallest absolute Gasteiger partial charge is 0.309 e. The van der Waals surface area contributed by atoms with Crippen molar-refractivity contribution in [2.75, 3.05) is 19.5 Å². The van der Waals surface area contributed by atoms with Gasteiger partial charge in [-0.1, -0.05) is 30.3 Å². The van der Waals surface area contributed by atoms with Crippen LogP contribution in [0.3, 0.4) is 0 Å². The van der Waals surface area contributed by atoms with E-state index in [1.54, 1.807) is 37.1 Å². The van der Waals surface area contributed by atoms with Gasteiger partial charge in [0.1, 0.15) is 17.2 Å². The van der Waals surface area contributed by atoms with Crippen LogP contribution in [0.1, 0.15) is 13.8 Å². The molecule has 0 aliphatic heterocycles. The van der Waals surface area contributed by atoms with Crippen molar-refractivity contribution in [3.63, 3.8) is 0 Å². The molecule has 0 aliphatic carbocycles. The molecule has 0 saturated carbocycles. The summed E-state index contributed by atoms with van der Waals surface area (Å²) in [5.74, 6) is 0.810. The van der Waals surface area contributed by atoms with Crippen molar-refractivity contribution in [1.82, 2.24) is 9.78 Å². The van der Waals surface area contributed by atoms with Gasteiger partial charge in [-0.2, -0.15) is 9.78 Å². The number of benzene rings is 3. The number of hydrogen-bond donors (Lipinski definition) is 1. The number of hydrogen-bond acceptors (Lipinski definition) is 6. The summed E-state index contributed by atoms with van der Waals surface area (Å²) in [6, 6.07) is 22.1. The van der Waals surface area contributed by atoms with Crippen molar-refractivity contribution in [3.8, 4) is 45.5 Å². The molecule has 0 atom stereocenters. The molecule has 4 rings (SSSR count). The second-order valence-electron chi connectivity index (χ2n) is 7.73. The highest BCUT2D eigenvalue weighted by atomic mass is 16.5. The van der Waals surface area contributed by atoms with E-state index in [1.807, 2.05) is 54.6 Å². The van der Waals surface area contributed by atoms with Gasteiger partial charge < -0.3 is 19.5 Å². The molecule has 1 heterocycles. The van der Waals surface area contributed by atoms with Crippen LogP contribution in [0.15, 0.2) is 72.8 Å². The van der Waals surface area contributed by atoms with E-state index >= 15 is 0 Å². The van der Waals surface area contributed by atoms with Crippen LogP contribution in [0.2, 0.25) is 0 Å². The van der Waals surface area contributed by atoms with Gasteiger partial charge in [0, 0.05) is 31.2 Å². The number of nitrogens with zero attached hydrogens (tertiary/aromatic N) is 2. The van der Waals surface area contributed by atoms with E-state index in [1.165, 1.54) is 13.8 Å². The molecule has 0 fully saturated rings. The Labute approximate surface area is 203 Å². The normalized spacial score (nSPS) is 10.5. The lowest BCUT2D eigenvalue weighted by atomic mass is 10.0. The van der Waals surface area contributed by atoms with Gasteiger partial charge >= 0.3 is 5.97 Å². The quantitative estimate of drug-likeness (QED) is 0.377. The zero-order valence-corrected chi connectivity index (χ0v) is 19.9. The number of amides is 1. The molecule has 8 heteroatoms. The number of aromatic nitrogens is 2. The summed E-state index contributed by atoms with van der Waals surface area (Å²) >= 11 is 0. The molecule has 1 aromatic heterocycles. The number of para-hydroxylation sites is 1. The summed E-state index contributed by atoms with van der Waals surface area (Å²) in [6.45, 7) is 2.80. The van der Waals surface area contributed by atoms with Crippen molar-refractivity contribution in [3.05, 3.63) is 72.8 Å². The Balaban J connectivity index is 2.00. The van der Waals surface area contributed by atoms with Crippen LogP contribution in [-0.2, 0) is 9.59 Å². The minimum atomic E-state index is -0.479. The molecule has 1 N–H and O–H groups in total. The molecule has 8 nitrogen and oxygen atoms in total. The van der Waals surface area contributed by atoms with Crippen LogP contribution < -0.4 is 19.5 Å². The third-order valence-electron chi connectivity index (χ3n) is 5.20. The van der Waals surface area contributed by atoms with Gasteiger partial charge in [0.25, 0.3) is 0 Å². The Morgan fingerprint density at radius 2 is 1.46 bits per heavy atom. The van der Waals surface area contributed by atoms with Gasteiger partial charge in [-0.15, -0.1) is 0 Å². The summed E-state index contributed by atoms with van der Waals surface area (Å²) in [5, 5.41) is 7.62. The highest BCUT2D eigenvalue weighted by Crippen LogP contribution is 2.42. The van der Waals surface area contributed by atoms with Crippen LogP contribution >= 0.6 is 0 Å². The number of rotatable bonds is 7. The van der Waals surface area contributed by atoms with E-state index in [9.17, 15) is 9.59 Å². The fourth-order valence-electron chi connectivity index (χ4n) is 3.71. The monoisotopic (exact) mass is 471 g/mol. The summed E-state index contributed by atoms with van der Waals surface area (Å²) in [6.07, 6.45) is 0. The second-order valence-corrected chi connectivity index (χ2v) is 7.73. The van der Waals surface area contributed by atoms with Gasteiger partial charge in [-0.3, -0.25) is 9.59 Å². The van der Waals surface area contributed by atoms with Crippen LogP contribution in [0.4, 0.5) is 5.69 Å². The lowest BCUT2D eigenvalue weighted by Crippen LogP contribution is -2.08. The fourth-order valence-corrected chi connectivity index (χ4v) is 3.71. The minimum Gasteiger partial charge on any atom is -0.497 e. The van der Waals surface area contributed by atoms with E-state index in [4.69, 9.17) is 19.3 Å². The zero-order valence-electron chi connectivity index (χ0n) is 19.9. The summed E-state index contributed by atoms with van der Waals surface area (Å²) in [4.78, 5) is 23.6. The summed E-state index contributed by atoms with van der Waals surface area (Å²) in [5.41, 5.74) is 4.00. The van der Waals surface area contributed by atoms with Crippen molar-refractivity contribution in [1.29, 1.82) is 0 Å². The maximum Gasteiger partial charge on any atom is 0.309 e. The molecule has 1 amide bonds. The first kappa shape index (κ1) is 23.6. The lowest BCUT2D eigenvalue weighted by molar-refractivity contribution is -0.132. The third-order valence-corrected chi connectivity index (χ3v) is 5.20. The highest BCUT2D eigenvalue weighted by Gasteiger charge is 2.25. The molecule has 3 aromatic carbocycles. The average molecular weight is 472 g/mol. The number of nitrogens with one attached hydrogen (secondary N) is 1. The number of carbonyl (C=O) groups excluding carboxylic acids is 2. The van der Waals surface area contributed by atoms with Crippen molar-refractivity contribution in [2.45, 2.75) is 13.8 Å². The molecule has 0 unspecified atom stereocenters. The number of carbonyl (C=O) groups is 2. The van der Waals surface area contributed by atoms with E-state index in [0.29, 0.717) is 34.0 Å². The maximum atomic E-state index is 12.2. The predicted molar refractivity (Wildman–Crippen MR) is 133 cm³/mol. The van der Waals surface area contributed by atoms with E-state index in [0.717, 1.165) is 11.3 Å². The topological polar surface area (TPSA) is 91.7 Å². The van der Waals surface area contributed by atoms with Gasteiger partial charge in [-0.25, -0.2) is 0 Å². The molecule has 0 radical (unpaired) electrons. The molecule has 178 valence electrons. The van der Waals surface area contributed by atoms with Crippen LogP contribution in [0, 0.1) is 0 Å². The average Bonchev–Trinajstić information content (AvgIpc) is 3.22. The Morgan fingerprint density at radius 3 is 2.00 bits per heavy atom. The zero-order chi connectivity index (χ0) is 24.9. The maximum absolute atomic E-state index is 12.2. The van der Waals surface area contributed by atoms with E-state index < -0.39 is 5.97 Å². The number of methoxy groups -OCH3 is 2. The Hall–Kier alpha value is -4.59. The summed E-state index contributed by atoms with van der Waals surface area (Å²) in [7, 11) is 3.15. The first-order valence-corrected chi connectivity index (χ1v) is 10.9. The number of esters is 1. The van der Waals surface area contributed by atoms with E-state index in [2.05, 4.69) is 5.32 Å². The third kappa shape index (κ3) is 5.16. The molecule has 35 heavy (non-hydrogen) atoms. The largest absolute Gasteiger partial charge is 0.497 e. The van der Waals surface area contributed by atoms with Crippen LogP contribution in [-0.4, -0.2) is 35.9 Å². The number of anilines is 1. The first-order valence-electron chi connectivity index (χ1n) is 10.9. The summed E-state index contributed by atoms with van der Waals surface area (Å²) < 4.78 is 18.2. The predicted octanol–water partition coefficient (Wildman–Crippen LogP) is 5.11. The number of ether oxygens (including phenoxy) is 3. The van der Waals surface area contributed by atoms with Crippen molar-refractivity contribution in [2.24, 2.45) is 0 Å². The molecular formula is C27H25N3O5. The molecule has 0 saturated heterocycles. The van der Waals surface area contributed by atoms with E-state index in [-0.39, 0.29) is 11.8 Å². The van der Waals surface area contributed by atoms with Gasteiger partial charge in [0.15, 0.2) is 0 Å². The molecular weight excluding hydrogens is 446 g/mol. The lowest BCUT2D eigenvalue weighted by Gasteiger charge is -2.11. The Kier molecular flexibility index (Phi) is 6.82. The Bertz CT molecular complexity index is 1340. The standard InChI is InChI=1S/C27H25N3O5/c1-17(31)28-21-12-10-19(11-13-21)25-26(20-14-23(33-3)16-24(15-20)34-4)29-30(27(25)35-18(2)32)22-8-6-5-7-9-22/h5-16H,1-4H3,(H,28,31). The molecule has 0 bridgehead atoms. The van der Waals surface area contributed by atoms with Gasteiger partial charge in [0.05, 0.1) is 25.5 Å². The fraction of sp³-hybridized carbons (Fsp3) is 0.148. The van der Waals surface area contributed by atoms with Gasteiger partial charge in [0.2, 0.25) is 11.8 Å². The van der Waals surface area contributed by atoms with Crippen molar-refractivity contribution >= 4 is 17.6 Å². The molecule has 0 aliphatic rings. The molecule has 0 spiro atoms. The van der Waals surface area contributed by atoms with Crippen molar-refractivity contribution < 1.29 is 23.8 Å². The van der Waals surface area contributed by atoms with Crippen LogP contribution in [0.25, 0.3) is 28.1 Å². The first-order chi connectivity index (χ1) is 16.9. The highest BCUT2D eigenvalue weighted by molar-refractivity contribution is 5.91. The second kappa shape index (κ2) is 10.1. The Morgan fingerprint density at radius 1 is 0.829 bits per heavy atom. The van der Waals surface area contributed by atoms with Gasteiger partial charge in [-0.05, 0) is 42.0 Å². The minimum absolute atomic E-state index is 0.167.